The van der Waals surface area contributed by atoms with Gasteiger partial charge in [0.2, 0.25) is 0 Å². The fraction of sp³-hybridized carbons (Fsp3) is 0.0690. The topological polar surface area (TPSA) is 46.3 Å². The van der Waals surface area contributed by atoms with E-state index in [0.717, 1.165) is 43.9 Å². The van der Waals surface area contributed by atoms with Crippen molar-refractivity contribution in [2.75, 3.05) is 4.90 Å². The van der Waals surface area contributed by atoms with Gasteiger partial charge in [-0.25, -0.2) is 0 Å². The number of rotatable bonds is 3. The standard InChI is InChI=1S/C29H22N2O/c30-29(26-18-21-12-4-5-13-22(21)23-14-6-7-15-24(23)26)25-16-8-9-17-27(25)31(28(29)32)19-20-10-2-1-3-11-20/h1-18H,19,30H2/t29-/m1/s1. The van der Waals surface area contributed by atoms with E-state index in [1.807, 2.05) is 83.8 Å². The maximum Gasteiger partial charge on any atom is 0.256 e. The Kier molecular flexibility index (Phi) is 4.14. The first-order valence-electron chi connectivity index (χ1n) is 10.8. The minimum Gasteiger partial charge on any atom is -0.310 e. The van der Waals surface area contributed by atoms with E-state index in [2.05, 4.69) is 30.3 Å². The molecule has 0 radical (unpaired) electrons. The van der Waals surface area contributed by atoms with E-state index < -0.39 is 5.54 Å². The normalized spacial score (nSPS) is 17.8. The second-order valence-corrected chi connectivity index (χ2v) is 8.39. The molecule has 0 aliphatic carbocycles. The highest BCUT2D eigenvalue weighted by molar-refractivity contribution is 6.16. The van der Waals surface area contributed by atoms with Crippen LogP contribution >= 0.6 is 0 Å². The molecule has 0 saturated heterocycles. The van der Waals surface area contributed by atoms with Gasteiger partial charge in [-0.15, -0.1) is 0 Å². The van der Waals surface area contributed by atoms with Gasteiger partial charge < -0.3 is 10.6 Å². The van der Waals surface area contributed by atoms with Crippen molar-refractivity contribution in [1.82, 2.24) is 0 Å². The molecule has 32 heavy (non-hydrogen) atoms. The van der Waals surface area contributed by atoms with E-state index in [-0.39, 0.29) is 5.91 Å². The Morgan fingerprint density at radius 3 is 2.09 bits per heavy atom. The summed E-state index contributed by atoms with van der Waals surface area (Å²) in [5.41, 5.74) is 9.53. The summed E-state index contributed by atoms with van der Waals surface area (Å²) in [4.78, 5) is 15.9. The van der Waals surface area contributed by atoms with E-state index >= 15 is 0 Å². The van der Waals surface area contributed by atoms with Crippen LogP contribution < -0.4 is 10.6 Å². The quantitative estimate of drug-likeness (QED) is 0.383. The van der Waals surface area contributed by atoms with Crippen LogP contribution in [0.25, 0.3) is 21.5 Å². The SMILES string of the molecule is N[C@]1(c2cc3ccccc3c3ccccc23)C(=O)N(Cc2ccccc2)c2ccccc21. The van der Waals surface area contributed by atoms with Crippen molar-refractivity contribution in [2.24, 2.45) is 5.73 Å². The van der Waals surface area contributed by atoms with Crippen LogP contribution in [0.4, 0.5) is 5.69 Å². The zero-order valence-corrected chi connectivity index (χ0v) is 17.5. The molecule has 154 valence electrons. The van der Waals surface area contributed by atoms with Gasteiger partial charge in [0, 0.05) is 5.56 Å². The van der Waals surface area contributed by atoms with Crippen molar-refractivity contribution in [2.45, 2.75) is 12.1 Å². The van der Waals surface area contributed by atoms with Gasteiger partial charge in [0.15, 0.2) is 0 Å². The number of amides is 1. The molecule has 5 aromatic rings. The van der Waals surface area contributed by atoms with Crippen molar-refractivity contribution in [3.05, 3.63) is 126 Å². The number of nitrogens with two attached hydrogens (primary N) is 1. The monoisotopic (exact) mass is 414 g/mol. The van der Waals surface area contributed by atoms with Gasteiger partial charge in [-0.2, -0.15) is 0 Å². The van der Waals surface area contributed by atoms with E-state index in [9.17, 15) is 4.79 Å². The zero-order chi connectivity index (χ0) is 21.7. The lowest BCUT2D eigenvalue weighted by Crippen LogP contribution is -2.48. The van der Waals surface area contributed by atoms with Crippen molar-refractivity contribution < 1.29 is 4.79 Å². The Balaban J connectivity index is 1.61. The van der Waals surface area contributed by atoms with Gasteiger partial charge in [-0.1, -0.05) is 97.1 Å². The molecule has 1 heterocycles. The van der Waals surface area contributed by atoms with Crippen LogP contribution in [0.5, 0.6) is 0 Å². The lowest BCUT2D eigenvalue weighted by Gasteiger charge is -2.27. The Hall–Kier alpha value is -3.95. The van der Waals surface area contributed by atoms with Crippen LogP contribution in [0.15, 0.2) is 109 Å². The highest BCUT2D eigenvalue weighted by Crippen LogP contribution is 2.46. The lowest BCUT2D eigenvalue weighted by atomic mass is 9.81. The van der Waals surface area contributed by atoms with Crippen LogP contribution in [-0.4, -0.2) is 5.91 Å². The summed E-state index contributed by atoms with van der Waals surface area (Å²) in [6, 6.07) is 36.6. The van der Waals surface area contributed by atoms with Gasteiger partial charge in [0.25, 0.3) is 5.91 Å². The number of benzene rings is 5. The minimum atomic E-state index is -1.25. The summed E-state index contributed by atoms with van der Waals surface area (Å²) < 4.78 is 0. The summed E-state index contributed by atoms with van der Waals surface area (Å²) in [5, 5.41) is 4.36. The summed E-state index contributed by atoms with van der Waals surface area (Å²) in [6.07, 6.45) is 0. The van der Waals surface area contributed by atoms with E-state index in [1.165, 1.54) is 0 Å². The molecular formula is C29H22N2O. The van der Waals surface area contributed by atoms with Crippen LogP contribution in [0.3, 0.4) is 0 Å². The van der Waals surface area contributed by atoms with Crippen molar-refractivity contribution in [3.8, 4) is 0 Å². The number of nitrogens with zero attached hydrogens (tertiary/aromatic N) is 1. The average Bonchev–Trinajstić information content (AvgIpc) is 3.07. The molecule has 0 fully saturated rings. The summed E-state index contributed by atoms with van der Waals surface area (Å²) >= 11 is 0. The maximum atomic E-state index is 14.1. The molecule has 0 spiro atoms. The first kappa shape index (κ1) is 18.8. The number of carbonyl (C=O) groups excluding carboxylic acids is 1. The van der Waals surface area contributed by atoms with Crippen LogP contribution in [0.1, 0.15) is 16.7 Å². The predicted octanol–water partition coefficient (Wildman–Crippen LogP) is 5.74. The van der Waals surface area contributed by atoms with Crippen LogP contribution in [-0.2, 0) is 16.9 Å². The van der Waals surface area contributed by atoms with E-state index in [0.29, 0.717) is 6.54 Å². The number of carbonyl (C=O) groups is 1. The second-order valence-electron chi connectivity index (χ2n) is 8.39. The van der Waals surface area contributed by atoms with Gasteiger partial charge >= 0.3 is 0 Å². The first-order chi connectivity index (χ1) is 15.7. The van der Waals surface area contributed by atoms with Gasteiger partial charge in [0.05, 0.1) is 12.2 Å². The summed E-state index contributed by atoms with van der Waals surface area (Å²) in [7, 11) is 0. The number of anilines is 1. The Morgan fingerprint density at radius 1 is 0.656 bits per heavy atom. The number of fused-ring (bicyclic) bond motifs is 4. The molecule has 3 heteroatoms. The molecule has 1 aliphatic rings. The molecule has 0 bridgehead atoms. The van der Waals surface area contributed by atoms with E-state index in [1.54, 1.807) is 0 Å². The summed E-state index contributed by atoms with van der Waals surface area (Å²) in [6.45, 7) is 0.487. The molecule has 1 amide bonds. The molecule has 5 aromatic carbocycles. The number of hydrogen-bond acceptors (Lipinski definition) is 2. The zero-order valence-electron chi connectivity index (χ0n) is 17.5. The highest BCUT2D eigenvalue weighted by Gasteiger charge is 2.50. The summed E-state index contributed by atoms with van der Waals surface area (Å²) in [5.74, 6) is -0.0945. The fourth-order valence-electron chi connectivity index (χ4n) is 5.04. The number of para-hydroxylation sites is 1. The largest absolute Gasteiger partial charge is 0.310 e. The van der Waals surface area contributed by atoms with Crippen molar-refractivity contribution in [1.29, 1.82) is 0 Å². The molecule has 2 N–H and O–H groups in total. The highest BCUT2D eigenvalue weighted by atomic mass is 16.2. The van der Waals surface area contributed by atoms with E-state index in [4.69, 9.17) is 5.73 Å². The van der Waals surface area contributed by atoms with Crippen LogP contribution in [0, 0.1) is 0 Å². The molecule has 1 atom stereocenters. The molecule has 6 rings (SSSR count). The Bertz CT molecular complexity index is 1490. The second kappa shape index (κ2) is 7.04. The first-order valence-corrected chi connectivity index (χ1v) is 10.8. The average molecular weight is 415 g/mol. The Morgan fingerprint density at radius 2 is 1.28 bits per heavy atom. The predicted molar refractivity (Wildman–Crippen MR) is 130 cm³/mol. The smallest absolute Gasteiger partial charge is 0.256 e. The molecule has 1 aliphatic heterocycles. The Labute approximate surface area is 186 Å². The van der Waals surface area contributed by atoms with Gasteiger partial charge in [-0.05, 0) is 44.8 Å². The third kappa shape index (κ3) is 2.62. The molecule has 0 saturated carbocycles. The molecule has 0 aromatic heterocycles. The van der Waals surface area contributed by atoms with Gasteiger partial charge in [-0.3, -0.25) is 4.79 Å². The lowest BCUT2D eigenvalue weighted by molar-refractivity contribution is -0.121. The van der Waals surface area contributed by atoms with Crippen LogP contribution in [0.2, 0.25) is 0 Å². The molecule has 3 nitrogen and oxygen atoms in total. The molecule has 0 unspecified atom stereocenters. The third-order valence-corrected chi connectivity index (χ3v) is 6.58. The van der Waals surface area contributed by atoms with Crippen molar-refractivity contribution >= 4 is 33.1 Å². The maximum absolute atomic E-state index is 14.1. The van der Waals surface area contributed by atoms with Crippen molar-refractivity contribution in [3.63, 3.8) is 0 Å². The fourth-order valence-corrected chi connectivity index (χ4v) is 5.04. The number of hydrogen-bond donors (Lipinski definition) is 1. The van der Waals surface area contributed by atoms with Gasteiger partial charge in [0.1, 0.15) is 5.54 Å². The minimum absolute atomic E-state index is 0.0945. The molecular weight excluding hydrogens is 392 g/mol. The third-order valence-electron chi connectivity index (χ3n) is 6.58.